The molecule has 0 saturated carbocycles. The number of benzene rings is 3. The normalized spacial score (nSPS) is 13.3. The van der Waals surface area contributed by atoms with Crippen LogP contribution in [0.25, 0.3) is 22.3 Å². The van der Waals surface area contributed by atoms with E-state index in [1.54, 1.807) is 0 Å². The molecule has 3 aromatic carbocycles. The topological polar surface area (TPSA) is 36.5 Å². The summed E-state index contributed by atoms with van der Waals surface area (Å²) in [5.74, 6) is 0. The average Bonchev–Trinajstić information content (AvgIpc) is 2.53. The Hall–Kier alpha value is -1.98. The molecule has 0 radical (unpaired) electrons. The Morgan fingerprint density at radius 1 is 0.556 bits per heavy atom. The van der Waals surface area contributed by atoms with Crippen LogP contribution in [0.5, 0.6) is 0 Å². The molecule has 0 aromatic heterocycles. The van der Waals surface area contributed by atoms with E-state index in [0.717, 1.165) is 0 Å². The fourth-order valence-corrected chi connectivity index (χ4v) is 2.51. The molecular formula is C19H20F6NSb. The molecular weight excluding hydrogens is 478 g/mol. The van der Waals surface area contributed by atoms with Gasteiger partial charge in [-0.25, -0.2) is 0 Å². The Morgan fingerprint density at radius 2 is 0.963 bits per heavy atom. The van der Waals surface area contributed by atoms with Crippen molar-refractivity contribution >= 4 is 19.5 Å². The van der Waals surface area contributed by atoms with Crippen molar-refractivity contribution in [1.29, 1.82) is 0 Å². The van der Waals surface area contributed by atoms with Crippen LogP contribution in [0, 0.1) is 6.92 Å². The second-order valence-corrected chi connectivity index (χ2v) is 11.2. The van der Waals surface area contributed by atoms with Crippen molar-refractivity contribution in [3.05, 3.63) is 84.4 Å². The molecule has 1 nitrogen and oxygen atoms in total. The van der Waals surface area contributed by atoms with Gasteiger partial charge in [-0.2, -0.15) is 0 Å². The molecule has 0 aliphatic carbocycles. The fourth-order valence-electron chi connectivity index (χ4n) is 2.51. The maximum Gasteiger partial charge on any atom is -0.369 e. The van der Waals surface area contributed by atoms with Crippen molar-refractivity contribution in [2.75, 3.05) is 0 Å². The minimum absolute atomic E-state index is 0. The SMILES string of the molecule is Cc1cccc(-c2ccccc2)c1-c1ccccc1.[F][Sb-]([F])([F])([F])([F])[F].[NH4+]. The van der Waals surface area contributed by atoms with E-state index in [9.17, 15) is 16.9 Å². The van der Waals surface area contributed by atoms with Gasteiger partial charge in [0.15, 0.2) is 0 Å². The van der Waals surface area contributed by atoms with Crippen LogP contribution in [0.2, 0.25) is 0 Å². The minimum atomic E-state index is -11.2. The van der Waals surface area contributed by atoms with Crippen molar-refractivity contribution in [1.82, 2.24) is 6.15 Å². The molecule has 148 valence electrons. The third-order valence-corrected chi connectivity index (χ3v) is 3.42. The van der Waals surface area contributed by atoms with Gasteiger partial charge in [-0.15, -0.1) is 0 Å². The van der Waals surface area contributed by atoms with E-state index in [0.29, 0.717) is 0 Å². The molecule has 0 aliphatic heterocycles. The summed E-state index contributed by atoms with van der Waals surface area (Å²) in [6, 6.07) is 27.7. The first-order chi connectivity index (χ1) is 11.8. The molecule has 0 unspecified atom stereocenters. The Balaban J connectivity index is 0.000000395. The Labute approximate surface area is 156 Å². The zero-order chi connectivity index (χ0) is 19.5. The number of aryl methyl sites for hydroxylation is 1. The molecule has 0 atom stereocenters. The summed E-state index contributed by atoms with van der Waals surface area (Å²) >= 11 is -11.2. The summed E-state index contributed by atoms with van der Waals surface area (Å²) in [5.41, 5.74) is 6.48. The first-order valence-corrected chi connectivity index (χ1v) is 13.4. The Morgan fingerprint density at radius 3 is 1.41 bits per heavy atom. The summed E-state index contributed by atoms with van der Waals surface area (Å²) in [4.78, 5) is 0. The molecule has 0 aliphatic rings. The van der Waals surface area contributed by atoms with Crippen molar-refractivity contribution in [2.45, 2.75) is 6.92 Å². The van der Waals surface area contributed by atoms with Crippen LogP contribution in [-0.4, -0.2) is 19.5 Å². The number of rotatable bonds is 2. The van der Waals surface area contributed by atoms with Gasteiger partial charge >= 0.3 is 36.4 Å². The van der Waals surface area contributed by atoms with Crippen molar-refractivity contribution in [3.63, 3.8) is 0 Å². The quantitative estimate of drug-likeness (QED) is 0.276. The van der Waals surface area contributed by atoms with Gasteiger partial charge in [0.1, 0.15) is 0 Å². The average molecular weight is 498 g/mol. The summed E-state index contributed by atoms with van der Waals surface area (Å²) in [7, 11) is 0. The summed E-state index contributed by atoms with van der Waals surface area (Å²) in [6.07, 6.45) is 0. The third-order valence-electron chi connectivity index (χ3n) is 3.42. The fraction of sp³-hybridized carbons (Fsp3) is 0.0526. The van der Waals surface area contributed by atoms with Gasteiger partial charge in [0.2, 0.25) is 0 Å². The van der Waals surface area contributed by atoms with Gasteiger partial charge in [-0.05, 0) is 34.7 Å². The number of hydrogen-bond acceptors (Lipinski definition) is 0. The number of hydrogen-bond donors (Lipinski definition) is 1. The van der Waals surface area contributed by atoms with Crippen LogP contribution >= 0.6 is 0 Å². The first kappa shape index (κ1) is 23.1. The van der Waals surface area contributed by atoms with Crippen LogP contribution in [0.3, 0.4) is 0 Å². The second-order valence-electron chi connectivity index (χ2n) is 5.69. The summed E-state index contributed by atoms with van der Waals surface area (Å²) in [5, 5.41) is 0. The zero-order valence-electron chi connectivity index (χ0n) is 14.7. The molecule has 0 saturated heterocycles. The maximum atomic E-state index is 9.93. The van der Waals surface area contributed by atoms with E-state index in [-0.39, 0.29) is 6.15 Å². The molecule has 3 rings (SSSR count). The molecule has 0 bridgehead atoms. The van der Waals surface area contributed by atoms with Crippen LogP contribution in [-0.2, 0) is 0 Å². The van der Waals surface area contributed by atoms with E-state index in [2.05, 4.69) is 85.8 Å². The van der Waals surface area contributed by atoms with Gasteiger partial charge in [0.25, 0.3) is 0 Å². The van der Waals surface area contributed by atoms with Gasteiger partial charge in [0.05, 0.1) is 0 Å². The van der Waals surface area contributed by atoms with E-state index in [1.807, 2.05) is 0 Å². The second kappa shape index (κ2) is 7.56. The van der Waals surface area contributed by atoms with Crippen LogP contribution in [0.1, 0.15) is 5.56 Å². The van der Waals surface area contributed by atoms with Gasteiger partial charge < -0.3 is 6.15 Å². The zero-order valence-corrected chi connectivity index (χ0v) is 17.3. The van der Waals surface area contributed by atoms with Crippen LogP contribution in [0.4, 0.5) is 16.9 Å². The molecule has 0 heterocycles. The summed E-state index contributed by atoms with van der Waals surface area (Å²) in [6.45, 7) is 2.18. The summed E-state index contributed by atoms with van der Waals surface area (Å²) < 4.78 is 59.6. The van der Waals surface area contributed by atoms with Crippen molar-refractivity contribution in [2.24, 2.45) is 0 Å². The predicted octanol–water partition coefficient (Wildman–Crippen LogP) is 7.85. The third kappa shape index (κ3) is 8.98. The van der Waals surface area contributed by atoms with E-state index >= 15 is 0 Å². The van der Waals surface area contributed by atoms with Crippen LogP contribution in [0.15, 0.2) is 78.9 Å². The standard InChI is InChI=1S/C19H16.6FH.H3N.Sb/c1-15-9-8-14-18(16-10-4-2-5-11-16)19(15)17-12-6-3-7-13-17;;;;;;;;/h2-14H,1H3;6*1H;1H3;/q;;;;;;;;+5/p-5. The van der Waals surface area contributed by atoms with E-state index in [1.165, 1.54) is 27.8 Å². The first-order valence-electron chi connectivity index (χ1n) is 7.58. The minimum Gasteiger partial charge on any atom is -0.369 e. The Bertz CT molecular complexity index is 867. The van der Waals surface area contributed by atoms with Crippen LogP contribution < -0.4 is 6.15 Å². The number of halogens is 6. The Kier molecular flexibility index (Phi) is 6.46. The molecule has 0 amide bonds. The van der Waals surface area contributed by atoms with Crippen molar-refractivity contribution < 1.29 is 16.9 Å². The predicted molar refractivity (Wildman–Crippen MR) is 100 cm³/mol. The van der Waals surface area contributed by atoms with E-state index in [4.69, 9.17) is 0 Å². The molecule has 3 aromatic rings. The molecule has 4 N–H and O–H groups in total. The number of quaternary nitrogens is 1. The smallest absolute Gasteiger partial charge is 0.369 e. The molecule has 8 heteroatoms. The maximum absolute atomic E-state index is 11.2. The monoisotopic (exact) mass is 497 g/mol. The van der Waals surface area contributed by atoms with Gasteiger partial charge in [0, 0.05) is 0 Å². The molecule has 0 spiro atoms. The molecule has 0 fully saturated rings. The van der Waals surface area contributed by atoms with Gasteiger partial charge in [-0.3, -0.25) is 0 Å². The van der Waals surface area contributed by atoms with E-state index < -0.39 is 19.5 Å². The van der Waals surface area contributed by atoms with Gasteiger partial charge in [-0.1, -0.05) is 78.9 Å². The molecule has 27 heavy (non-hydrogen) atoms. The largest absolute Gasteiger partial charge is 0.369 e. The van der Waals surface area contributed by atoms with Crippen molar-refractivity contribution in [3.8, 4) is 22.3 Å².